The first-order valence-electron chi connectivity index (χ1n) is 8.51. The molecule has 5 nitrogen and oxygen atoms in total. The van der Waals surface area contributed by atoms with Gasteiger partial charge in [-0.3, -0.25) is 14.2 Å². The Balaban J connectivity index is 1.83. The van der Waals surface area contributed by atoms with Crippen LogP contribution < -0.4 is 10.9 Å². The zero-order valence-corrected chi connectivity index (χ0v) is 17.9. The number of aromatic nitrogens is 2. The zero-order chi connectivity index (χ0) is 19.7. The Morgan fingerprint density at radius 3 is 2.74 bits per heavy atom. The molecule has 27 heavy (non-hydrogen) atoms. The lowest BCUT2D eigenvalue weighted by Gasteiger charge is -2.11. The third-order valence-corrected chi connectivity index (χ3v) is 6.93. The van der Waals surface area contributed by atoms with Gasteiger partial charge in [-0.25, -0.2) is 4.98 Å². The number of anilines is 1. The first-order chi connectivity index (χ1) is 12.8. The van der Waals surface area contributed by atoms with Crippen LogP contribution in [0.2, 0.25) is 5.02 Å². The van der Waals surface area contributed by atoms with E-state index in [1.54, 1.807) is 16.7 Å². The van der Waals surface area contributed by atoms with Gasteiger partial charge in [0.2, 0.25) is 5.91 Å². The van der Waals surface area contributed by atoms with Crippen LogP contribution in [0.3, 0.4) is 0 Å². The summed E-state index contributed by atoms with van der Waals surface area (Å²) in [5.41, 5.74) is 2.46. The van der Waals surface area contributed by atoms with Gasteiger partial charge in [0.15, 0.2) is 5.16 Å². The quantitative estimate of drug-likeness (QED) is 0.475. The number of nitrogens with zero attached hydrogens (tertiary/aromatic N) is 2. The van der Waals surface area contributed by atoms with Crippen molar-refractivity contribution in [3.63, 3.8) is 0 Å². The molecule has 0 radical (unpaired) electrons. The minimum Gasteiger partial charge on any atom is -0.325 e. The fourth-order valence-electron chi connectivity index (χ4n) is 2.76. The third-order valence-electron chi connectivity index (χ3n) is 4.44. The first kappa shape index (κ1) is 19.9. The van der Waals surface area contributed by atoms with E-state index < -0.39 is 0 Å². The molecule has 2 heterocycles. The minimum atomic E-state index is -0.166. The number of carbonyl (C=O) groups excluding carboxylic acids is 1. The molecule has 8 heteroatoms. The van der Waals surface area contributed by atoms with Crippen molar-refractivity contribution in [2.75, 3.05) is 11.1 Å². The second-order valence-electron chi connectivity index (χ2n) is 6.16. The van der Waals surface area contributed by atoms with Crippen LogP contribution in [0.15, 0.2) is 28.2 Å². The fraction of sp³-hybridized carbons (Fsp3) is 0.316. The van der Waals surface area contributed by atoms with Crippen molar-refractivity contribution in [2.45, 2.75) is 39.4 Å². The number of halogens is 1. The van der Waals surface area contributed by atoms with Crippen LogP contribution in [-0.2, 0) is 11.3 Å². The lowest BCUT2D eigenvalue weighted by molar-refractivity contribution is -0.113. The van der Waals surface area contributed by atoms with Gasteiger partial charge < -0.3 is 5.32 Å². The van der Waals surface area contributed by atoms with Gasteiger partial charge in [0.05, 0.1) is 11.1 Å². The Bertz CT molecular complexity index is 1090. The number of benzene rings is 1. The summed E-state index contributed by atoms with van der Waals surface area (Å²) in [6, 6.07) is 5.39. The van der Waals surface area contributed by atoms with E-state index in [4.69, 9.17) is 11.6 Å². The number of fused-ring (bicyclic) bond motifs is 1. The molecule has 1 amide bonds. The van der Waals surface area contributed by atoms with Gasteiger partial charge in [-0.05, 0) is 51.0 Å². The van der Waals surface area contributed by atoms with E-state index in [-0.39, 0.29) is 17.2 Å². The predicted molar refractivity (Wildman–Crippen MR) is 115 cm³/mol. The molecule has 3 rings (SSSR count). The van der Waals surface area contributed by atoms with E-state index in [0.29, 0.717) is 27.8 Å². The SMILES string of the molecule is CCn1c(SCC(=O)Nc2cccc(Cl)c2C)nc2sc(C)c(C)c2c1=O. The summed E-state index contributed by atoms with van der Waals surface area (Å²) in [5, 5.41) is 4.72. The highest BCUT2D eigenvalue weighted by atomic mass is 35.5. The van der Waals surface area contributed by atoms with E-state index >= 15 is 0 Å². The largest absolute Gasteiger partial charge is 0.325 e. The Morgan fingerprint density at radius 2 is 2.04 bits per heavy atom. The highest BCUT2D eigenvalue weighted by Gasteiger charge is 2.17. The van der Waals surface area contributed by atoms with Crippen LogP contribution in [0, 0.1) is 20.8 Å². The summed E-state index contributed by atoms with van der Waals surface area (Å²) in [6.45, 7) is 8.21. The molecule has 0 fully saturated rings. The molecule has 1 N–H and O–H groups in total. The van der Waals surface area contributed by atoms with Crippen molar-refractivity contribution < 1.29 is 4.79 Å². The molecule has 0 spiro atoms. The van der Waals surface area contributed by atoms with Gasteiger partial charge >= 0.3 is 0 Å². The molecule has 0 aliphatic carbocycles. The summed E-state index contributed by atoms with van der Waals surface area (Å²) < 4.78 is 1.63. The monoisotopic (exact) mass is 421 g/mol. The van der Waals surface area contributed by atoms with Gasteiger partial charge in [-0.15, -0.1) is 11.3 Å². The van der Waals surface area contributed by atoms with Crippen LogP contribution >= 0.6 is 34.7 Å². The van der Waals surface area contributed by atoms with Crippen molar-refractivity contribution in [2.24, 2.45) is 0 Å². The van der Waals surface area contributed by atoms with Gasteiger partial charge in [0, 0.05) is 22.1 Å². The Kier molecular flexibility index (Phi) is 5.93. The molecule has 0 aliphatic rings. The number of carbonyl (C=O) groups is 1. The van der Waals surface area contributed by atoms with Crippen LogP contribution in [0.5, 0.6) is 0 Å². The van der Waals surface area contributed by atoms with Crippen LogP contribution in [0.4, 0.5) is 5.69 Å². The standard InChI is InChI=1S/C19H20ClN3O2S2/c1-5-23-18(25)16-10(2)12(4)27-17(16)22-19(23)26-9-15(24)21-14-8-6-7-13(20)11(14)3/h6-8H,5,9H2,1-4H3,(H,21,24). The molecule has 0 saturated heterocycles. The molecule has 0 saturated carbocycles. The van der Waals surface area contributed by atoms with Crippen LogP contribution in [0.25, 0.3) is 10.2 Å². The van der Waals surface area contributed by atoms with E-state index in [0.717, 1.165) is 20.8 Å². The maximum absolute atomic E-state index is 12.8. The molecular weight excluding hydrogens is 402 g/mol. The highest BCUT2D eigenvalue weighted by molar-refractivity contribution is 7.99. The molecule has 0 aliphatic heterocycles. The Hall–Kier alpha value is -1.83. The van der Waals surface area contributed by atoms with Gasteiger partial charge in [0.25, 0.3) is 5.56 Å². The van der Waals surface area contributed by atoms with Crippen molar-refractivity contribution in [1.82, 2.24) is 9.55 Å². The van der Waals surface area contributed by atoms with Crippen molar-refractivity contribution in [1.29, 1.82) is 0 Å². The van der Waals surface area contributed by atoms with Gasteiger partial charge in [-0.2, -0.15) is 0 Å². The van der Waals surface area contributed by atoms with Crippen LogP contribution in [-0.4, -0.2) is 21.2 Å². The third kappa shape index (κ3) is 3.90. The lowest BCUT2D eigenvalue weighted by Crippen LogP contribution is -2.23. The maximum atomic E-state index is 12.8. The fourth-order valence-corrected chi connectivity index (χ4v) is 4.87. The Morgan fingerprint density at radius 1 is 1.30 bits per heavy atom. The number of aryl methyl sites for hydroxylation is 2. The summed E-state index contributed by atoms with van der Waals surface area (Å²) in [7, 11) is 0. The molecule has 142 valence electrons. The molecule has 0 unspecified atom stereocenters. The maximum Gasteiger partial charge on any atom is 0.263 e. The van der Waals surface area contributed by atoms with Crippen LogP contribution in [0.1, 0.15) is 22.9 Å². The average molecular weight is 422 g/mol. The second kappa shape index (κ2) is 8.04. The zero-order valence-electron chi connectivity index (χ0n) is 15.6. The molecule has 2 aromatic heterocycles. The summed E-state index contributed by atoms with van der Waals surface area (Å²) in [4.78, 5) is 31.7. The van der Waals surface area contributed by atoms with E-state index in [1.165, 1.54) is 23.1 Å². The summed E-state index contributed by atoms with van der Waals surface area (Å²) in [6.07, 6.45) is 0. The average Bonchev–Trinajstić information content (AvgIpc) is 2.91. The van der Waals surface area contributed by atoms with Gasteiger partial charge in [0.1, 0.15) is 4.83 Å². The second-order valence-corrected chi connectivity index (χ2v) is 8.71. The molecule has 3 aromatic rings. The lowest BCUT2D eigenvalue weighted by atomic mass is 10.2. The van der Waals surface area contributed by atoms with E-state index in [1.807, 2.05) is 33.8 Å². The number of thiophene rings is 1. The van der Waals surface area contributed by atoms with Crippen molar-refractivity contribution >= 4 is 56.5 Å². The van der Waals surface area contributed by atoms with E-state index in [9.17, 15) is 9.59 Å². The van der Waals surface area contributed by atoms with Crippen molar-refractivity contribution in [3.05, 3.63) is 49.6 Å². The number of thioether (sulfide) groups is 1. The normalized spacial score (nSPS) is 11.1. The number of hydrogen-bond donors (Lipinski definition) is 1. The van der Waals surface area contributed by atoms with Gasteiger partial charge in [-0.1, -0.05) is 29.4 Å². The molecule has 0 atom stereocenters. The predicted octanol–water partition coefficient (Wildman–Crippen LogP) is 4.79. The Labute approximate surface area is 170 Å². The van der Waals surface area contributed by atoms with E-state index in [2.05, 4.69) is 10.3 Å². The summed E-state index contributed by atoms with van der Waals surface area (Å²) >= 11 is 8.87. The first-order valence-corrected chi connectivity index (χ1v) is 10.7. The molecular formula is C19H20ClN3O2S2. The minimum absolute atomic E-state index is 0.0436. The van der Waals surface area contributed by atoms with Crippen molar-refractivity contribution in [3.8, 4) is 0 Å². The molecule has 1 aromatic carbocycles. The number of nitrogens with one attached hydrogen (secondary N) is 1. The highest BCUT2D eigenvalue weighted by Crippen LogP contribution is 2.28. The number of rotatable bonds is 5. The smallest absolute Gasteiger partial charge is 0.263 e. The topological polar surface area (TPSA) is 64.0 Å². The number of amides is 1. The summed E-state index contributed by atoms with van der Waals surface area (Å²) in [5.74, 6) is -0.00587. The molecule has 0 bridgehead atoms. The number of hydrogen-bond acceptors (Lipinski definition) is 5.